The molecule has 5 nitrogen and oxygen atoms in total. The van der Waals surface area contributed by atoms with Gasteiger partial charge in [0, 0.05) is 6.54 Å². The van der Waals surface area contributed by atoms with E-state index in [1.165, 1.54) is 23.1 Å². The highest BCUT2D eigenvalue weighted by molar-refractivity contribution is 8.00. The molecule has 22 heavy (non-hydrogen) atoms. The molecular formula is C15H21NO4S2. The minimum Gasteiger partial charge on any atom is -0.462 e. The van der Waals surface area contributed by atoms with Crippen LogP contribution in [-0.4, -0.2) is 36.6 Å². The smallest absolute Gasteiger partial charge is 0.293 e. The molecule has 1 aromatic heterocycles. The van der Waals surface area contributed by atoms with Gasteiger partial charge in [-0.05, 0) is 45.9 Å². The number of thioether (sulfide) groups is 1. The first-order valence-electron chi connectivity index (χ1n) is 6.81. The third-order valence-corrected chi connectivity index (χ3v) is 5.22. The molecule has 7 heteroatoms. The van der Waals surface area contributed by atoms with Crippen LogP contribution in [0.5, 0.6) is 0 Å². The number of amides is 1. The average molecular weight is 343 g/mol. The van der Waals surface area contributed by atoms with E-state index in [1.807, 2.05) is 27.0 Å². The third-order valence-electron chi connectivity index (χ3n) is 2.77. The molecule has 122 valence electrons. The highest BCUT2D eigenvalue weighted by Crippen LogP contribution is 2.36. The van der Waals surface area contributed by atoms with E-state index in [9.17, 15) is 14.4 Å². The number of hydrogen-bond donors (Lipinski definition) is 1. The molecule has 0 atom stereocenters. The number of Topliss-reactive ketones (excluding diaryl/α,β-unsaturated/α-hetero) is 1. The predicted molar refractivity (Wildman–Crippen MR) is 89.0 cm³/mol. The van der Waals surface area contributed by atoms with Crippen LogP contribution in [0.25, 0.3) is 0 Å². The van der Waals surface area contributed by atoms with Crippen LogP contribution in [0.15, 0.2) is 4.21 Å². The van der Waals surface area contributed by atoms with Gasteiger partial charge >= 0.3 is 0 Å². The first kappa shape index (κ1) is 18.7. The van der Waals surface area contributed by atoms with Crippen LogP contribution in [0.4, 0.5) is 0 Å². The van der Waals surface area contributed by atoms with Crippen LogP contribution in [0.3, 0.4) is 0 Å². The summed E-state index contributed by atoms with van der Waals surface area (Å²) in [6.45, 7) is 8.11. The zero-order valence-electron chi connectivity index (χ0n) is 13.4. The SMILES string of the molecule is CC(C)(C)OC=O.CSc1sc(C(C)=O)c2c1C(=O)NCC2. The van der Waals surface area contributed by atoms with Crippen LogP contribution in [-0.2, 0) is 16.0 Å². The first-order chi connectivity index (χ1) is 10.2. The van der Waals surface area contributed by atoms with Crippen LogP contribution in [0.2, 0.25) is 0 Å². The number of ketones is 1. The van der Waals surface area contributed by atoms with Gasteiger partial charge < -0.3 is 10.1 Å². The minimum absolute atomic E-state index is 0.0376. The molecule has 1 aliphatic heterocycles. The molecule has 0 aromatic carbocycles. The number of thiophene rings is 1. The molecule has 0 bridgehead atoms. The summed E-state index contributed by atoms with van der Waals surface area (Å²) >= 11 is 2.97. The molecule has 2 rings (SSSR count). The topological polar surface area (TPSA) is 72.5 Å². The molecule has 0 unspecified atom stereocenters. The number of nitrogens with one attached hydrogen (secondary N) is 1. The van der Waals surface area contributed by atoms with E-state index in [0.29, 0.717) is 13.0 Å². The van der Waals surface area contributed by atoms with E-state index < -0.39 is 0 Å². The first-order valence-corrected chi connectivity index (χ1v) is 8.85. The summed E-state index contributed by atoms with van der Waals surface area (Å²) in [6.07, 6.45) is 2.70. The van der Waals surface area contributed by atoms with Gasteiger partial charge in [0.25, 0.3) is 12.4 Å². The number of ether oxygens (including phenoxy) is 1. The highest BCUT2D eigenvalue weighted by Gasteiger charge is 2.27. The van der Waals surface area contributed by atoms with Crippen LogP contribution < -0.4 is 5.32 Å². The van der Waals surface area contributed by atoms with Crippen LogP contribution in [0, 0.1) is 0 Å². The summed E-state index contributed by atoms with van der Waals surface area (Å²) in [5, 5.41) is 2.81. The Morgan fingerprint density at radius 2 is 2.05 bits per heavy atom. The Hall–Kier alpha value is -1.34. The van der Waals surface area contributed by atoms with E-state index in [0.717, 1.165) is 26.6 Å². The zero-order valence-corrected chi connectivity index (χ0v) is 15.1. The van der Waals surface area contributed by atoms with Crippen molar-refractivity contribution in [3.63, 3.8) is 0 Å². The molecule has 0 saturated carbocycles. The molecule has 1 aliphatic rings. The quantitative estimate of drug-likeness (QED) is 0.519. The van der Waals surface area contributed by atoms with Gasteiger partial charge in [-0.3, -0.25) is 14.4 Å². The summed E-state index contributed by atoms with van der Waals surface area (Å²) in [5.74, 6) is 0.0237. The van der Waals surface area contributed by atoms with Gasteiger partial charge in [-0.15, -0.1) is 23.1 Å². The number of hydrogen-bond acceptors (Lipinski definition) is 6. The van der Waals surface area contributed by atoms with Gasteiger partial charge in [0.2, 0.25) is 0 Å². The lowest BCUT2D eigenvalue weighted by molar-refractivity contribution is -0.138. The summed E-state index contributed by atoms with van der Waals surface area (Å²) in [4.78, 5) is 33.4. The third kappa shape index (κ3) is 4.84. The van der Waals surface area contributed by atoms with Gasteiger partial charge in [0.05, 0.1) is 14.6 Å². The Balaban J connectivity index is 0.000000295. The van der Waals surface area contributed by atoms with Crippen molar-refractivity contribution in [2.45, 2.75) is 43.9 Å². The van der Waals surface area contributed by atoms with E-state index >= 15 is 0 Å². The number of carbonyl (C=O) groups excluding carboxylic acids is 3. The number of carbonyl (C=O) groups is 3. The molecule has 1 N–H and O–H groups in total. The fourth-order valence-corrected chi connectivity index (χ4v) is 3.85. The van der Waals surface area contributed by atoms with Gasteiger partial charge in [-0.1, -0.05) is 0 Å². The summed E-state index contributed by atoms with van der Waals surface area (Å²) in [6, 6.07) is 0. The van der Waals surface area contributed by atoms with Crippen LogP contribution >= 0.6 is 23.1 Å². The van der Waals surface area contributed by atoms with Crippen molar-refractivity contribution in [1.29, 1.82) is 0 Å². The van der Waals surface area contributed by atoms with Crippen molar-refractivity contribution in [3.05, 3.63) is 16.0 Å². The Morgan fingerprint density at radius 3 is 2.45 bits per heavy atom. The Labute approximate surface area is 138 Å². The molecule has 0 fully saturated rings. The Kier molecular flexibility index (Phi) is 6.62. The van der Waals surface area contributed by atoms with Gasteiger partial charge in [0.1, 0.15) is 5.60 Å². The molecular weight excluding hydrogens is 322 g/mol. The normalized spacial score (nSPS) is 13.4. The molecule has 1 aromatic rings. The Morgan fingerprint density at radius 1 is 1.41 bits per heavy atom. The van der Waals surface area contributed by atoms with Crippen molar-refractivity contribution in [2.75, 3.05) is 12.8 Å². The lowest BCUT2D eigenvalue weighted by Crippen LogP contribution is -2.31. The molecule has 0 radical (unpaired) electrons. The maximum absolute atomic E-state index is 11.7. The molecule has 0 saturated heterocycles. The molecule has 0 spiro atoms. The van der Waals surface area contributed by atoms with Crippen LogP contribution in [0.1, 0.15) is 53.3 Å². The Bertz CT molecular complexity index is 573. The summed E-state index contributed by atoms with van der Waals surface area (Å²) in [7, 11) is 0. The zero-order chi connectivity index (χ0) is 16.9. The average Bonchev–Trinajstić information content (AvgIpc) is 2.78. The second kappa shape index (κ2) is 7.78. The van der Waals surface area contributed by atoms with Gasteiger partial charge in [-0.2, -0.15) is 0 Å². The summed E-state index contributed by atoms with van der Waals surface area (Å²) < 4.78 is 5.50. The van der Waals surface area contributed by atoms with E-state index in [4.69, 9.17) is 0 Å². The van der Waals surface area contributed by atoms with Crippen molar-refractivity contribution in [1.82, 2.24) is 5.32 Å². The molecule has 1 amide bonds. The van der Waals surface area contributed by atoms with Gasteiger partial charge in [0.15, 0.2) is 5.78 Å². The predicted octanol–water partition coefficient (Wildman–Crippen LogP) is 2.92. The van der Waals surface area contributed by atoms with E-state index in [-0.39, 0.29) is 17.3 Å². The number of fused-ring (bicyclic) bond motifs is 1. The van der Waals surface area contributed by atoms with Crippen molar-refractivity contribution >= 4 is 41.3 Å². The largest absolute Gasteiger partial charge is 0.462 e. The second-order valence-corrected chi connectivity index (χ2v) is 7.76. The highest BCUT2D eigenvalue weighted by atomic mass is 32.2. The van der Waals surface area contributed by atoms with E-state index in [1.54, 1.807) is 6.92 Å². The van der Waals surface area contributed by atoms with Crippen molar-refractivity contribution in [2.24, 2.45) is 0 Å². The van der Waals surface area contributed by atoms with Gasteiger partial charge in [-0.25, -0.2) is 0 Å². The molecule has 0 aliphatic carbocycles. The monoisotopic (exact) mass is 343 g/mol. The summed E-state index contributed by atoms with van der Waals surface area (Å²) in [5.41, 5.74) is 1.35. The maximum Gasteiger partial charge on any atom is 0.293 e. The minimum atomic E-state index is -0.318. The lowest BCUT2D eigenvalue weighted by atomic mass is 10.0. The standard InChI is InChI=1S/C10H11NO2S2.C5H10O2/c1-5(12)8-6-3-4-11-9(13)7(6)10(14-2)15-8;1-5(2,3)7-4-6/h3-4H2,1-2H3,(H,11,13);4H,1-3H3. The fourth-order valence-electron chi connectivity index (χ4n) is 1.87. The second-order valence-electron chi connectivity index (χ2n) is 5.66. The number of rotatable bonds is 3. The van der Waals surface area contributed by atoms with E-state index in [2.05, 4.69) is 10.1 Å². The fraction of sp³-hybridized carbons (Fsp3) is 0.533. The van der Waals surface area contributed by atoms with Crippen molar-refractivity contribution < 1.29 is 19.1 Å². The maximum atomic E-state index is 11.7. The molecule has 2 heterocycles. The lowest BCUT2D eigenvalue weighted by Gasteiger charge is -2.14. The van der Waals surface area contributed by atoms with Crippen molar-refractivity contribution in [3.8, 4) is 0 Å².